The fourth-order valence-electron chi connectivity index (χ4n) is 6.05. The number of carbonyl (C=O) groups is 1. The molecule has 47 heavy (non-hydrogen) atoms. The van der Waals surface area contributed by atoms with E-state index in [1.54, 1.807) is 45.1 Å². The lowest BCUT2D eigenvalue weighted by Gasteiger charge is -2.13. The second-order valence-electron chi connectivity index (χ2n) is 11.3. The number of nitrogens with zero attached hydrogens (tertiary/aromatic N) is 3. The molecule has 0 atom stereocenters. The van der Waals surface area contributed by atoms with Gasteiger partial charge in [-0.2, -0.15) is 0 Å². The molecule has 0 radical (unpaired) electrons. The van der Waals surface area contributed by atoms with Gasteiger partial charge in [0.25, 0.3) is 5.56 Å². The van der Waals surface area contributed by atoms with Crippen LogP contribution in [-0.4, -0.2) is 26.2 Å². The largest absolute Gasteiger partial charge is 0.325 e. The number of carbonyl (C=O) groups excluding carboxylic acids is 1. The number of hydrogen-bond donors (Lipinski definition) is 1. The SMILES string of the molecule is O=C(CSc1nc2sc3c(c2c(=O)n1-c1ccccc1)CCCC3)Nc1ccc2nc(SCc3ccc(F)c4ccccc34)sc2c1. The van der Waals surface area contributed by atoms with E-state index in [4.69, 9.17) is 9.97 Å². The van der Waals surface area contributed by atoms with Crippen LogP contribution in [0.4, 0.5) is 10.1 Å². The molecular formula is C36H27FN4O2S4. The van der Waals surface area contributed by atoms with Gasteiger partial charge in [0.05, 0.1) is 27.0 Å². The van der Waals surface area contributed by atoms with Crippen LogP contribution >= 0.6 is 46.2 Å². The summed E-state index contributed by atoms with van der Waals surface area (Å²) in [7, 11) is 0. The maximum absolute atomic E-state index is 14.3. The zero-order valence-corrected chi connectivity index (χ0v) is 28.3. The lowest BCUT2D eigenvalue weighted by Crippen LogP contribution is -2.23. The average molecular weight is 695 g/mol. The number of halogens is 1. The quantitative estimate of drug-likeness (QED) is 0.126. The molecule has 0 spiro atoms. The highest BCUT2D eigenvalue weighted by atomic mass is 32.2. The van der Waals surface area contributed by atoms with Crippen LogP contribution in [0.1, 0.15) is 28.8 Å². The first kappa shape index (κ1) is 30.3. The summed E-state index contributed by atoms with van der Waals surface area (Å²) in [5.74, 6) is 0.370. The molecule has 0 aliphatic heterocycles. The second kappa shape index (κ2) is 12.9. The normalized spacial score (nSPS) is 13.0. The molecule has 234 valence electrons. The zero-order valence-electron chi connectivity index (χ0n) is 25.0. The van der Waals surface area contributed by atoms with Crippen molar-refractivity contribution < 1.29 is 9.18 Å². The van der Waals surface area contributed by atoms with Crippen molar-refractivity contribution in [1.82, 2.24) is 14.5 Å². The lowest BCUT2D eigenvalue weighted by molar-refractivity contribution is -0.113. The first-order chi connectivity index (χ1) is 23.0. The van der Waals surface area contributed by atoms with Crippen LogP contribution in [0.5, 0.6) is 0 Å². The third-order valence-electron chi connectivity index (χ3n) is 8.27. The Kier molecular flexibility index (Phi) is 8.30. The summed E-state index contributed by atoms with van der Waals surface area (Å²) >= 11 is 6.06. The van der Waals surface area contributed by atoms with E-state index < -0.39 is 0 Å². The molecule has 0 saturated heterocycles. The van der Waals surface area contributed by atoms with E-state index in [1.165, 1.54) is 22.7 Å². The van der Waals surface area contributed by atoms with Crippen LogP contribution in [0.3, 0.4) is 0 Å². The van der Waals surface area contributed by atoms with Gasteiger partial charge >= 0.3 is 0 Å². The molecule has 6 nitrogen and oxygen atoms in total. The first-order valence-electron chi connectivity index (χ1n) is 15.3. The Labute approximate surface area is 286 Å². The predicted molar refractivity (Wildman–Crippen MR) is 194 cm³/mol. The average Bonchev–Trinajstić information content (AvgIpc) is 3.68. The Morgan fingerprint density at radius 1 is 0.894 bits per heavy atom. The van der Waals surface area contributed by atoms with Crippen molar-refractivity contribution in [3.8, 4) is 5.69 Å². The fraction of sp³-hybridized carbons (Fsp3) is 0.167. The second-order valence-corrected chi connectivity index (χ2v) is 15.6. The van der Waals surface area contributed by atoms with Crippen molar-refractivity contribution in [2.45, 2.75) is 40.9 Å². The van der Waals surface area contributed by atoms with E-state index in [0.29, 0.717) is 22.0 Å². The minimum atomic E-state index is -0.217. The molecule has 3 aromatic heterocycles. The molecule has 1 amide bonds. The highest BCUT2D eigenvalue weighted by Gasteiger charge is 2.23. The van der Waals surface area contributed by atoms with E-state index in [-0.39, 0.29) is 23.0 Å². The van der Waals surface area contributed by atoms with Crippen LogP contribution in [0.25, 0.3) is 36.9 Å². The van der Waals surface area contributed by atoms with Gasteiger partial charge in [0.15, 0.2) is 9.50 Å². The lowest BCUT2D eigenvalue weighted by atomic mass is 9.97. The van der Waals surface area contributed by atoms with Crippen molar-refractivity contribution in [2.24, 2.45) is 0 Å². The molecule has 8 rings (SSSR count). The number of para-hydroxylation sites is 1. The molecule has 0 fully saturated rings. The van der Waals surface area contributed by atoms with E-state index in [2.05, 4.69) is 5.32 Å². The molecule has 3 heterocycles. The van der Waals surface area contributed by atoms with Crippen LogP contribution in [0.15, 0.2) is 99.2 Å². The van der Waals surface area contributed by atoms with E-state index >= 15 is 0 Å². The number of aromatic nitrogens is 3. The smallest absolute Gasteiger partial charge is 0.267 e. The number of fused-ring (bicyclic) bond motifs is 5. The van der Waals surface area contributed by atoms with E-state index in [0.717, 1.165) is 72.7 Å². The number of rotatable bonds is 8. The Morgan fingerprint density at radius 3 is 2.57 bits per heavy atom. The number of hydrogen-bond acceptors (Lipinski definition) is 8. The molecule has 1 aliphatic carbocycles. The van der Waals surface area contributed by atoms with Gasteiger partial charge in [0.1, 0.15) is 10.6 Å². The maximum atomic E-state index is 14.3. The summed E-state index contributed by atoms with van der Waals surface area (Å²) in [6, 6.07) is 26.1. The Hall–Kier alpha value is -4.03. The van der Waals surface area contributed by atoms with Crippen LogP contribution in [-0.2, 0) is 23.4 Å². The van der Waals surface area contributed by atoms with Crippen LogP contribution in [0, 0.1) is 5.82 Å². The number of benzene rings is 4. The summed E-state index contributed by atoms with van der Waals surface area (Å²) < 4.78 is 17.8. The molecule has 1 aliphatic rings. The highest BCUT2D eigenvalue weighted by Crippen LogP contribution is 2.36. The number of thiazole rings is 1. The summed E-state index contributed by atoms with van der Waals surface area (Å²) in [4.78, 5) is 38.9. The first-order valence-corrected chi connectivity index (χ1v) is 18.9. The van der Waals surface area contributed by atoms with Gasteiger partial charge < -0.3 is 5.32 Å². The minimum absolute atomic E-state index is 0.0690. The molecule has 0 unspecified atom stereocenters. The third kappa shape index (κ3) is 5.97. The standard InChI is InChI=1S/C36H27FN4O2S4/c37-27-16-14-21(24-10-4-5-11-25(24)27)19-45-36-39-28-17-15-22(18-30(28)47-36)38-31(42)20-44-35-40-33-32(26-12-6-7-13-29(26)46-33)34(43)41(35)23-8-2-1-3-9-23/h1-5,8-11,14-18H,6-7,12-13,19-20H2,(H,38,42). The molecular weight excluding hydrogens is 668 g/mol. The predicted octanol–water partition coefficient (Wildman–Crippen LogP) is 9.25. The Morgan fingerprint density at radius 2 is 1.70 bits per heavy atom. The van der Waals surface area contributed by atoms with Gasteiger partial charge in [-0.15, -0.1) is 22.7 Å². The molecule has 1 N–H and O–H groups in total. The number of amides is 1. The number of thioether (sulfide) groups is 2. The van der Waals surface area contributed by atoms with Crippen molar-refractivity contribution in [3.05, 3.63) is 117 Å². The summed E-state index contributed by atoms with van der Waals surface area (Å²) in [5, 5.41) is 5.78. The number of anilines is 1. The van der Waals surface area contributed by atoms with Crippen molar-refractivity contribution in [3.63, 3.8) is 0 Å². The van der Waals surface area contributed by atoms with Gasteiger partial charge in [0, 0.05) is 21.7 Å². The fourth-order valence-corrected chi connectivity index (χ4v) is 10.3. The van der Waals surface area contributed by atoms with Crippen molar-refractivity contribution >= 4 is 89.0 Å². The Balaban J connectivity index is 0.991. The molecule has 7 aromatic rings. The zero-order chi connectivity index (χ0) is 31.9. The summed E-state index contributed by atoms with van der Waals surface area (Å²) in [6.45, 7) is 0. The van der Waals surface area contributed by atoms with Gasteiger partial charge in [-0.1, -0.05) is 72.1 Å². The monoisotopic (exact) mass is 694 g/mol. The maximum Gasteiger partial charge on any atom is 0.267 e. The number of nitrogens with one attached hydrogen (secondary N) is 1. The van der Waals surface area contributed by atoms with Gasteiger partial charge in [-0.3, -0.25) is 14.2 Å². The topological polar surface area (TPSA) is 76.9 Å². The van der Waals surface area contributed by atoms with Gasteiger partial charge in [0.2, 0.25) is 5.91 Å². The number of aryl methyl sites for hydroxylation is 2. The molecule has 4 aromatic carbocycles. The molecule has 0 bridgehead atoms. The number of thiophene rings is 1. The summed E-state index contributed by atoms with van der Waals surface area (Å²) in [6.07, 6.45) is 4.12. The summed E-state index contributed by atoms with van der Waals surface area (Å²) in [5.41, 5.74) is 4.42. The van der Waals surface area contributed by atoms with Gasteiger partial charge in [-0.05, 0) is 78.6 Å². The van der Waals surface area contributed by atoms with Crippen LogP contribution < -0.4 is 10.9 Å². The third-order valence-corrected chi connectivity index (χ3v) is 12.6. The molecule has 0 saturated carbocycles. The highest BCUT2D eigenvalue weighted by molar-refractivity contribution is 8.00. The van der Waals surface area contributed by atoms with Crippen molar-refractivity contribution in [2.75, 3.05) is 11.1 Å². The Bertz CT molecular complexity index is 2370. The minimum Gasteiger partial charge on any atom is -0.325 e. The van der Waals surface area contributed by atoms with Crippen LogP contribution in [0.2, 0.25) is 0 Å². The van der Waals surface area contributed by atoms with Crippen molar-refractivity contribution in [1.29, 1.82) is 0 Å². The van der Waals surface area contributed by atoms with E-state index in [9.17, 15) is 14.0 Å². The molecule has 11 heteroatoms. The van der Waals surface area contributed by atoms with E-state index in [1.807, 2.05) is 72.8 Å². The van der Waals surface area contributed by atoms with Gasteiger partial charge in [-0.25, -0.2) is 14.4 Å².